The molecular weight excluding hydrogens is 370 g/mol. The second kappa shape index (κ2) is 8.59. The lowest BCUT2D eigenvalue weighted by atomic mass is 9.79. The van der Waals surface area contributed by atoms with Crippen molar-refractivity contribution >= 4 is 23.5 Å². The molecule has 1 aliphatic carbocycles. The molecule has 1 heterocycles. The van der Waals surface area contributed by atoms with Gasteiger partial charge in [0.2, 0.25) is 17.8 Å². The number of aromatic nitrogens is 4. The Bertz CT molecular complexity index is 866. The second-order valence-corrected chi connectivity index (χ2v) is 7.65. The van der Waals surface area contributed by atoms with Gasteiger partial charge in [-0.2, -0.15) is 0 Å². The third-order valence-electron chi connectivity index (χ3n) is 5.80. The number of rotatable bonds is 6. The maximum Gasteiger partial charge on any atom is 0.250 e. The maximum atomic E-state index is 13.6. The molecule has 1 fully saturated rings. The van der Waals surface area contributed by atoms with Crippen molar-refractivity contribution in [3.05, 3.63) is 29.3 Å². The molecule has 0 unspecified atom stereocenters. The van der Waals surface area contributed by atoms with Crippen molar-refractivity contribution in [3.63, 3.8) is 0 Å². The minimum Gasteiger partial charge on any atom is -0.367 e. The summed E-state index contributed by atoms with van der Waals surface area (Å²) in [6, 6.07) is 5.91. The number of nitrogen functional groups attached to an aromatic ring is 1. The van der Waals surface area contributed by atoms with E-state index < -0.39 is 5.54 Å². The largest absolute Gasteiger partial charge is 0.367 e. The van der Waals surface area contributed by atoms with Gasteiger partial charge < -0.3 is 16.0 Å². The van der Waals surface area contributed by atoms with Gasteiger partial charge in [-0.25, -0.2) is 4.68 Å². The molecule has 0 aliphatic heterocycles. The van der Waals surface area contributed by atoms with Crippen LogP contribution in [-0.4, -0.2) is 49.0 Å². The molecule has 0 spiro atoms. The highest BCUT2D eigenvalue weighted by atomic mass is 16.2. The van der Waals surface area contributed by atoms with Crippen molar-refractivity contribution in [2.45, 2.75) is 65.0 Å². The number of carbonyl (C=O) groups is 2. The van der Waals surface area contributed by atoms with Gasteiger partial charge in [0, 0.05) is 12.2 Å². The van der Waals surface area contributed by atoms with Crippen LogP contribution in [0.3, 0.4) is 0 Å². The van der Waals surface area contributed by atoms with E-state index in [-0.39, 0.29) is 24.3 Å². The minimum absolute atomic E-state index is 0.0760. The Hall–Kier alpha value is -2.97. The standard InChI is InChI=1S/C20H29N7O2/c1-4-26(16(28)13-27-19(21)23-24-25-27)20(11-6-5-7-12-20)18(29)22-17-14(2)9-8-10-15(17)3/h8-10H,4-7,11-13H2,1-3H3,(H,22,29)(H2,21,23,25). The maximum absolute atomic E-state index is 13.6. The van der Waals surface area contributed by atoms with E-state index in [9.17, 15) is 9.59 Å². The Morgan fingerprint density at radius 3 is 2.41 bits per heavy atom. The summed E-state index contributed by atoms with van der Waals surface area (Å²) in [5, 5.41) is 14.0. The Kier molecular flexibility index (Phi) is 6.14. The van der Waals surface area contributed by atoms with Crippen LogP contribution in [0.5, 0.6) is 0 Å². The lowest BCUT2D eigenvalue weighted by molar-refractivity contribution is -0.148. The first-order valence-electron chi connectivity index (χ1n) is 10.1. The van der Waals surface area contributed by atoms with Crippen molar-refractivity contribution < 1.29 is 9.59 Å². The number of nitrogens with two attached hydrogens (primary N) is 1. The first-order valence-corrected chi connectivity index (χ1v) is 10.1. The van der Waals surface area contributed by atoms with Crippen LogP contribution >= 0.6 is 0 Å². The van der Waals surface area contributed by atoms with Crippen LogP contribution in [0.2, 0.25) is 0 Å². The van der Waals surface area contributed by atoms with Crippen molar-refractivity contribution in [1.82, 2.24) is 25.1 Å². The van der Waals surface area contributed by atoms with Crippen LogP contribution in [0, 0.1) is 13.8 Å². The van der Waals surface area contributed by atoms with E-state index in [1.807, 2.05) is 39.0 Å². The third kappa shape index (κ3) is 4.08. The van der Waals surface area contributed by atoms with Gasteiger partial charge in [-0.1, -0.05) is 42.6 Å². The number of anilines is 2. The smallest absolute Gasteiger partial charge is 0.250 e. The van der Waals surface area contributed by atoms with Gasteiger partial charge >= 0.3 is 0 Å². The molecule has 2 aromatic rings. The Labute approximate surface area is 170 Å². The summed E-state index contributed by atoms with van der Waals surface area (Å²) >= 11 is 0. The fourth-order valence-corrected chi connectivity index (χ4v) is 4.25. The van der Waals surface area contributed by atoms with Gasteiger partial charge in [0.1, 0.15) is 12.1 Å². The molecule has 0 atom stereocenters. The molecular formula is C20H29N7O2. The van der Waals surface area contributed by atoms with Crippen LogP contribution in [0.15, 0.2) is 18.2 Å². The third-order valence-corrected chi connectivity index (χ3v) is 5.80. The molecule has 0 radical (unpaired) electrons. The summed E-state index contributed by atoms with van der Waals surface area (Å²) < 4.78 is 1.25. The van der Waals surface area contributed by atoms with Gasteiger partial charge in [0.05, 0.1) is 0 Å². The number of hydrogen-bond acceptors (Lipinski definition) is 6. The van der Waals surface area contributed by atoms with E-state index in [1.54, 1.807) is 4.90 Å². The van der Waals surface area contributed by atoms with Gasteiger partial charge in [-0.05, 0) is 55.2 Å². The fraction of sp³-hybridized carbons (Fsp3) is 0.550. The highest BCUT2D eigenvalue weighted by Crippen LogP contribution is 2.36. The molecule has 1 saturated carbocycles. The normalized spacial score (nSPS) is 15.7. The minimum atomic E-state index is -0.887. The number of nitrogens with one attached hydrogen (secondary N) is 1. The van der Waals surface area contributed by atoms with Crippen molar-refractivity contribution in [3.8, 4) is 0 Å². The van der Waals surface area contributed by atoms with Crippen molar-refractivity contribution in [1.29, 1.82) is 0 Å². The van der Waals surface area contributed by atoms with E-state index in [0.717, 1.165) is 36.1 Å². The average Bonchev–Trinajstić information content (AvgIpc) is 3.10. The van der Waals surface area contributed by atoms with Crippen molar-refractivity contribution in [2.75, 3.05) is 17.6 Å². The van der Waals surface area contributed by atoms with Crippen LogP contribution in [-0.2, 0) is 16.1 Å². The topological polar surface area (TPSA) is 119 Å². The molecule has 3 rings (SSSR count). The summed E-state index contributed by atoms with van der Waals surface area (Å²) in [5.74, 6) is -0.272. The van der Waals surface area contributed by atoms with Crippen LogP contribution < -0.4 is 11.1 Å². The van der Waals surface area contributed by atoms with Crippen LogP contribution in [0.1, 0.15) is 50.2 Å². The summed E-state index contributed by atoms with van der Waals surface area (Å²) in [5.41, 5.74) is 7.64. The van der Waals surface area contributed by atoms with Crippen LogP contribution in [0.4, 0.5) is 11.6 Å². The number of hydrogen-bond donors (Lipinski definition) is 2. The summed E-state index contributed by atoms with van der Waals surface area (Å²) in [7, 11) is 0. The number of benzene rings is 1. The molecule has 0 saturated heterocycles. The fourth-order valence-electron chi connectivity index (χ4n) is 4.25. The van der Waals surface area contributed by atoms with Gasteiger partial charge in [0.15, 0.2) is 0 Å². The van der Waals surface area contributed by atoms with Gasteiger partial charge in [-0.15, -0.1) is 0 Å². The molecule has 3 N–H and O–H groups in total. The number of carbonyl (C=O) groups excluding carboxylic acids is 2. The Morgan fingerprint density at radius 2 is 1.86 bits per heavy atom. The molecule has 29 heavy (non-hydrogen) atoms. The summed E-state index contributed by atoms with van der Waals surface area (Å²) in [6.45, 7) is 6.16. The highest BCUT2D eigenvalue weighted by Gasteiger charge is 2.46. The average molecular weight is 399 g/mol. The summed E-state index contributed by atoms with van der Waals surface area (Å²) in [6.07, 6.45) is 4.13. The molecule has 9 nitrogen and oxygen atoms in total. The molecule has 156 valence electrons. The van der Waals surface area contributed by atoms with E-state index in [1.165, 1.54) is 4.68 Å². The highest BCUT2D eigenvalue weighted by molar-refractivity contribution is 6.01. The number of para-hydroxylation sites is 1. The van der Waals surface area contributed by atoms with Crippen molar-refractivity contribution in [2.24, 2.45) is 0 Å². The predicted molar refractivity (Wildman–Crippen MR) is 110 cm³/mol. The predicted octanol–water partition coefficient (Wildman–Crippen LogP) is 2.06. The number of nitrogens with zero attached hydrogens (tertiary/aromatic N) is 5. The molecule has 0 bridgehead atoms. The molecule has 9 heteroatoms. The number of amides is 2. The Morgan fingerprint density at radius 1 is 1.21 bits per heavy atom. The molecule has 1 aromatic heterocycles. The van der Waals surface area contributed by atoms with Gasteiger partial charge in [-0.3, -0.25) is 9.59 Å². The second-order valence-electron chi connectivity index (χ2n) is 7.65. The van der Waals surface area contributed by atoms with Crippen LogP contribution in [0.25, 0.3) is 0 Å². The zero-order valence-electron chi connectivity index (χ0n) is 17.3. The van der Waals surface area contributed by atoms with E-state index in [2.05, 4.69) is 20.8 Å². The first kappa shape index (κ1) is 20.8. The lowest BCUT2D eigenvalue weighted by Crippen LogP contribution is -2.60. The number of likely N-dealkylation sites (N-methyl/N-ethyl adjacent to an activating group) is 1. The molecule has 2 amide bonds. The monoisotopic (exact) mass is 399 g/mol. The zero-order valence-corrected chi connectivity index (χ0v) is 17.3. The molecule has 1 aliphatic rings. The zero-order chi connectivity index (χ0) is 21.0. The van der Waals surface area contributed by atoms with E-state index in [0.29, 0.717) is 19.4 Å². The van der Waals surface area contributed by atoms with E-state index in [4.69, 9.17) is 5.73 Å². The number of tetrazole rings is 1. The first-order chi connectivity index (χ1) is 13.9. The van der Waals surface area contributed by atoms with E-state index >= 15 is 0 Å². The Balaban J connectivity index is 1.90. The number of aryl methyl sites for hydroxylation is 2. The molecule has 1 aromatic carbocycles. The van der Waals surface area contributed by atoms with Gasteiger partial charge in [0.25, 0.3) is 0 Å². The lowest BCUT2D eigenvalue weighted by Gasteiger charge is -2.44. The summed E-state index contributed by atoms with van der Waals surface area (Å²) in [4.78, 5) is 28.4. The quantitative estimate of drug-likeness (QED) is 0.767. The SMILES string of the molecule is CCN(C(=O)Cn1nnnc1N)C1(C(=O)Nc2c(C)cccc2C)CCCCC1.